The summed E-state index contributed by atoms with van der Waals surface area (Å²) in [5.74, 6) is 0. The van der Waals surface area contributed by atoms with Gasteiger partial charge in [0.15, 0.2) is 0 Å². The Kier molecular flexibility index (Phi) is 4.61. The molecule has 0 spiro atoms. The summed E-state index contributed by atoms with van der Waals surface area (Å²) < 4.78 is 0. The molecule has 1 aliphatic heterocycles. The highest BCUT2D eigenvalue weighted by Crippen LogP contribution is 2.48. The number of benzene rings is 4. The molecule has 30 heavy (non-hydrogen) atoms. The van der Waals surface area contributed by atoms with Crippen molar-refractivity contribution in [1.29, 1.82) is 0 Å². The van der Waals surface area contributed by atoms with Crippen molar-refractivity contribution < 1.29 is 0 Å². The van der Waals surface area contributed by atoms with E-state index < -0.39 is 5.41 Å². The van der Waals surface area contributed by atoms with E-state index in [0.717, 1.165) is 28.2 Å². The maximum atomic E-state index is 5.18. The SMILES string of the molecule is CN=C(c1ccccc1)C1(c2ccccc2)C(c2ccccc2)=Nc2ccccc21. The molecule has 5 rings (SSSR count). The number of fused-ring (bicyclic) bond motifs is 1. The predicted octanol–water partition coefficient (Wildman–Crippen LogP) is 6.23. The van der Waals surface area contributed by atoms with E-state index in [0.29, 0.717) is 0 Å². The largest absolute Gasteiger partial charge is 0.291 e. The van der Waals surface area contributed by atoms with Crippen LogP contribution in [0.2, 0.25) is 0 Å². The summed E-state index contributed by atoms with van der Waals surface area (Å²) in [6.45, 7) is 0. The third-order valence-corrected chi connectivity index (χ3v) is 5.78. The molecule has 0 bridgehead atoms. The van der Waals surface area contributed by atoms with Crippen LogP contribution in [0.3, 0.4) is 0 Å². The van der Waals surface area contributed by atoms with E-state index in [1.807, 2.05) is 19.2 Å². The van der Waals surface area contributed by atoms with Crippen LogP contribution in [0, 0.1) is 0 Å². The van der Waals surface area contributed by atoms with Crippen LogP contribution in [-0.2, 0) is 5.41 Å². The predicted molar refractivity (Wildman–Crippen MR) is 125 cm³/mol. The molecule has 0 aromatic heterocycles. The highest BCUT2D eigenvalue weighted by molar-refractivity contribution is 6.32. The first-order chi connectivity index (χ1) is 14.9. The Balaban J connectivity index is 1.91. The maximum Gasteiger partial charge on any atom is 0.107 e. The Morgan fingerprint density at radius 3 is 1.90 bits per heavy atom. The Bertz CT molecular complexity index is 1230. The maximum absolute atomic E-state index is 5.18. The second kappa shape index (κ2) is 7.57. The first kappa shape index (κ1) is 18.3. The fourth-order valence-electron chi connectivity index (χ4n) is 4.56. The second-order valence-corrected chi connectivity index (χ2v) is 7.40. The Morgan fingerprint density at radius 1 is 0.667 bits per heavy atom. The molecule has 2 nitrogen and oxygen atoms in total. The van der Waals surface area contributed by atoms with Crippen LogP contribution >= 0.6 is 0 Å². The van der Waals surface area contributed by atoms with Crippen LogP contribution in [0.25, 0.3) is 0 Å². The van der Waals surface area contributed by atoms with Crippen LogP contribution in [0.15, 0.2) is 125 Å². The highest BCUT2D eigenvalue weighted by atomic mass is 14.9. The van der Waals surface area contributed by atoms with E-state index in [-0.39, 0.29) is 0 Å². The van der Waals surface area contributed by atoms with Crippen molar-refractivity contribution in [2.24, 2.45) is 9.98 Å². The summed E-state index contributed by atoms with van der Waals surface area (Å²) in [4.78, 5) is 10.1. The number of nitrogens with zero attached hydrogens (tertiary/aromatic N) is 2. The number of aliphatic imine (C=N–C) groups is 2. The average Bonchev–Trinajstić information content (AvgIpc) is 3.17. The van der Waals surface area contributed by atoms with Crippen molar-refractivity contribution in [1.82, 2.24) is 0 Å². The minimum absolute atomic E-state index is 0.588. The third kappa shape index (κ3) is 2.73. The molecule has 0 amide bonds. The van der Waals surface area contributed by atoms with Crippen LogP contribution < -0.4 is 0 Å². The summed E-state index contributed by atoms with van der Waals surface area (Å²) >= 11 is 0. The lowest BCUT2D eigenvalue weighted by molar-refractivity contribution is 0.941. The molecule has 0 saturated carbocycles. The summed E-state index contributed by atoms with van der Waals surface area (Å²) in [7, 11) is 1.89. The first-order valence-electron chi connectivity index (χ1n) is 10.2. The molecular formula is C28H22N2. The third-order valence-electron chi connectivity index (χ3n) is 5.78. The van der Waals surface area contributed by atoms with E-state index >= 15 is 0 Å². The van der Waals surface area contributed by atoms with Gasteiger partial charge in [-0.15, -0.1) is 0 Å². The normalized spacial score (nSPS) is 18.0. The number of rotatable bonds is 4. The Morgan fingerprint density at radius 2 is 1.23 bits per heavy atom. The van der Waals surface area contributed by atoms with E-state index in [4.69, 9.17) is 9.98 Å². The molecule has 1 aliphatic rings. The van der Waals surface area contributed by atoms with Gasteiger partial charge < -0.3 is 0 Å². The molecule has 0 N–H and O–H groups in total. The molecular weight excluding hydrogens is 364 g/mol. The first-order valence-corrected chi connectivity index (χ1v) is 10.2. The zero-order valence-electron chi connectivity index (χ0n) is 16.9. The van der Waals surface area contributed by atoms with Gasteiger partial charge in [0.2, 0.25) is 0 Å². The van der Waals surface area contributed by atoms with Gasteiger partial charge in [0.25, 0.3) is 0 Å². The van der Waals surface area contributed by atoms with Gasteiger partial charge in [0, 0.05) is 12.6 Å². The smallest absolute Gasteiger partial charge is 0.107 e. The molecule has 1 atom stereocenters. The fourth-order valence-corrected chi connectivity index (χ4v) is 4.56. The van der Waals surface area contributed by atoms with Crippen molar-refractivity contribution in [2.75, 3.05) is 7.05 Å². The fraction of sp³-hybridized carbons (Fsp3) is 0.0714. The molecule has 2 heteroatoms. The van der Waals surface area contributed by atoms with Gasteiger partial charge in [0.1, 0.15) is 5.41 Å². The molecule has 0 saturated heterocycles. The summed E-state index contributed by atoms with van der Waals surface area (Å²) in [6, 6.07) is 40.0. The van der Waals surface area contributed by atoms with E-state index in [9.17, 15) is 0 Å². The van der Waals surface area contributed by atoms with Crippen LogP contribution in [0.1, 0.15) is 22.3 Å². The Hall–Kier alpha value is -3.78. The molecule has 0 fully saturated rings. The van der Waals surface area contributed by atoms with Gasteiger partial charge in [-0.3, -0.25) is 9.98 Å². The molecule has 0 radical (unpaired) electrons. The van der Waals surface area contributed by atoms with Gasteiger partial charge in [-0.1, -0.05) is 109 Å². The van der Waals surface area contributed by atoms with Crippen molar-refractivity contribution in [3.8, 4) is 0 Å². The molecule has 144 valence electrons. The van der Waals surface area contributed by atoms with E-state index in [2.05, 4.69) is 103 Å². The second-order valence-electron chi connectivity index (χ2n) is 7.40. The molecule has 4 aromatic rings. The monoisotopic (exact) mass is 386 g/mol. The molecule has 4 aromatic carbocycles. The molecule has 0 aliphatic carbocycles. The molecule has 1 unspecified atom stereocenters. The van der Waals surface area contributed by atoms with E-state index in [1.54, 1.807) is 0 Å². The van der Waals surface area contributed by atoms with Crippen molar-refractivity contribution in [2.45, 2.75) is 5.41 Å². The summed E-state index contributed by atoms with van der Waals surface area (Å²) in [5, 5.41) is 0. The van der Waals surface area contributed by atoms with Gasteiger partial charge in [-0.2, -0.15) is 0 Å². The van der Waals surface area contributed by atoms with Gasteiger partial charge in [-0.05, 0) is 22.8 Å². The van der Waals surface area contributed by atoms with Crippen LogP contribution in [0.4, 0.5) is 5.69 Å². The topological polar surface area (TPSA) is 24.7 Å². The lowest BCUT2D eigenvalue weighted by atomic mass is 9.65. The summed E-state index contributed by atoms with van der Waals surface area (Å²) in [6.07, 6.45) is 0. The van der Waals surface area contributed by atoms with E-state index in [1.165, 1.54) is 11.1 Å². The zero-order chi connectivity index (χ0) is 20.4. The minimum Gasteiger partial charge on any atom is -0.291 e. The van der Waals surface area contributed by atoms with Crippen molar-refractivity contribution in [3.63, 3.8) is 0 Å². The number of para-hydroxylation sites is 1. The van der Waals surface area contributed by atoms with Gasteiger partial charge in [-0.25, -0.2) is 0 Å². The number of hydrogen-bond donors (Lipinski definition) is 0. The average molecular weight is 386 g/mol. The number of hydrogen-bond acceptors (Lipinski definition) is 2. The van der Waals surface area contributed by atoms with Crippen LogP contribution in [0.5, 0.6) is 0 Å². The highest BCUT2D eigenvalue weighted by Gasteiger charge is 2.49. The van der Waals surface area contributed by atoms with Crippen molar-refractivity contribution >= 4 is 17.1 Å². The van der Waals surface area contributed by atoms with Gasteiger partial charge in [0.05, 0.1) is 17.1 Å². The zero-order valence-corrected chi connectivity index (χ0v) is 16.9. The Labute approximate surface area is 177 Å². The summed E-state index contributed by atoms with van der Waals surface area (Å²) in [5.41, 5.74) is 6.97. The van der Waals surface area contributed by atoms with Crippen molar-refractivity contribution in [3.05, 3.63) is 138 Å². The molecule has 1 heterocycles. The minimum atomic E-state index is -0.588. The standard InChI is InChI=1S/C28H22N2/c1-29-26(21-13-5-2-6-14-21)28(23-17-9-4-10-18-23)24-19-11-12-20-25(24)30-27(28)22-15-7-3-8-16-22/h2-20H,1H3. The van der Waals surface area contributed by atoms with Crippen LogP contribution in [-0.4, -0.2) is 18.5 Å². The lowest BCUT2D eigenvalue weighted by Crippen LogP contribution is -2.44. The quantitative estimate of drug-likeness (QED) is 0.372. The van der Waals surface area contributed by atoms with Gasteiger partial charge >= 0.3 is 0 Å². The lowest BCUT2D eigenvalue weighted by Gasteiger charge is -2.35.